The lowest BCUT2D eigenvalue weighted by Crippen LogP contribution is -2.21. The topological polar surface area (TPSA) is 99.0 Å². The Morgan fingerprint density at radius 1 is 1.19 bits per heavy atom. The van der Waals surface area contributed by atoms with E-state index in [4.69, 9.17) is 16.3 Å². The molecule has 1 N–H and O–H groups in total. The van der Waals surface area contributed by atoms with E-state index in [2.05, 4.69) is 20.8 Å². The summed E-state index contributed by atoms with van der Waals surface area (Å²) in [6.45, 7) is -0.513. The monoisotopic (exact) mass is 375 g/mol. The molecule has 1 amide bonds. The summed E-state index contributed by atoms with van der Waals surface area (Å²) in [5.74, 6) is -1.80. The van der Waals surface area contributed by atoms with Crippen molar-refractivity contribution in [2.24, 2.45) is 0 Å². The Bertz CT molecular complexity index is 932. The molecule has 3 aromatic rings. The number of nitrogens with zero attached hydrogens (tertiary/aromatic N) is 4. The van der Waals surface area contributed by atoms with Gasteiger partial charge in [-0.05, 0) is 52.9 Å². The number of tetrazole rings is 1. The number of carbonyl (C=O) groups is 2. The smallest absolute Gasteiger partial charge is 0.338 e. The highest BCUT2D eigenvalue weighted by Crippen LogP contribution is 2.22. The number of nitrogens with one attached hydrogen (secondary N) is 1. The summed E-state index contributed by atoms with van der Waals surface area (Å²) in [5, 5.41) is 13.2. The summed E-state index contributed by atoms with van der Waals surface area (Å²) < 4.78 is 19.3. The van der Waals surface area contributed by atoms with Crippen molar-refractivity contribution in [1.29, 1.82) is 0 Å². The fourth-order valence-electron chi connectivity index (χ4n) is 2.02. The van der Waals surface area contributed by atoms with Gasteiger partial charge in [-0.1, -0.05) is 11.6 Å². The molecule has 0 saturated carbocycles. The van der Waals surface area contributed by atoms with Gasteiger partial charge in [0.1, 0.15) is 12.1 Å². The van der Waals surface area contributed by atoms with Crippen molar-refractivity contribution in [3.8, 4) is 5.69 Å². The van der Waals surface area contributed by atoms with Gasteiger partial charge in [0.05, 0.1) is 22.0 Å². The Labute approximate surface area is 151 Å². The van der Waals surface area contributed by atoms with Crippen LogP contribution in [0.15, 0.2) is 48.8 Å². The van der Waals surface area contributed by atoms with Gasteiger partial charge in [0.15, 0.2) is 6.61 Å². The minimum Gasteiger partial charge on any atom is -0.452 e. The maximum atomic E-state index is 13.0. The summed E-state index contributed by atoms with van der Waals surface area (Å²) in [4.78, 5) is 23.8. The van der Waals surface area contributed by atoms with Crippen LogP contribution < -0.4 is 5.32 Å². The van der Waals surface area contributed by atoms with Crippen LogP contribution in [0, 0.1) is 5.82 Å². The molecule has 3 rings (SSSR count). The fraction of sp³-hybridized carbons (Fsp3) is 0.0625. The number of hydrogen-bond acceptors (Lipinski definition) is 6. The Morgan fingerprint density at radius 2 is 1.96 bits per heavy atom. The molecule has 2 aromatic carbocycles. The van der Waals surface area contributed by atoms with E-state index >= 15 is 0 Å². The van der Waals surface area contributed by atoms with Gasteiger partial charge >= 0.3 is 5.97 Å². The first-order valence-electron chi connectivity index (χ1n) is 7.28. The average molecular weight is 376 g/mol. The first-order chi connectivity index (χ1) is 12.5. The van der Waals surface area contributed by atoms with Crippen LogP contribution in [-0.4, -0.2) is 38.7 Å². The van der Waals surface area contributed by atoms with Gasteiger partial charge < -0.3 is 10.1 Å². The Balaban J connectivity index is 1.55. The minimum absolute atomic E-state index is 0.0443. The predicted molar refractivity (Wildman–Crippen MR) is 89.5 cm³/mol. The van der Waals surface area contributed by atoms with Gasteiger partial charge in [-0.15, -0.1) is 5.10 Å². The van der Waals surface area contributed by atoms with Crippen molar-refractivity contribution in [2.45, 2.75) is 0 Å². The van der Waals surface area contributed by atoms with Crippen LogP contribution in [0.5, 0.6) is 0 Å². The highest BCUT2D eigenvalue weighted by Gasteiger charge is 2.12. The molecule has 0 saturated heterocycles. The van der Waals surface area contributed by atoms with Gasteiger partial charge in [0, 0.05) is 0 Å². The van der Waals surface area contributed by atoms with Crippen LogP contribution >= 0.6 is 11.6 Å². The molecule has 0 aliphatic heterocycles. The Hall–Kier alpha value is -3.33. The lowest BCUT2D eigenvalue weighted by Gasteiger charge is -2.08. The average Bonchev–Trinajstić information content (AvgIpc) is 3.17. The maximum Gasteiger partial charge on any atom is 0.338 e. The number of amides is 1. The largest absolute Gasteiger partial charge is 0.452 e. The zero-order chi connectivity index (χ0) is 18.5. The molecule has 26 heavy (non-hydrogen) atoms. The zero-order valence-electron chi connectivity index (χ0n) is 13.1. The van der Waals surface area contributed by atoms with E-state index in [1.54, 1.807) is 12.1 Å². The number of hydrogen-bond donors (Lipinski definition) is 1. The van der Waals surface area contributed by atoms with E-state index < -0.39 is 24.3 Å². The second-order valence-corrected chi connectivity index (χ2v) is 5.46. The summed E-state index contributed by atoms with van der Waals surface area (Å²) >= 11 is 5.81. The van der Waals surface area contributed by atoms with Crippen LogP contribution in [0.1, 0.15) is 10.4 Å². The molecule has 1 aromatic heterocycles. The van der Waals surface area contributed by atoms with Crippen LogP contribution in [0.4, 0.5) is 10.1 Å². The van der Waals surface area contributed by atoms with Gasteiger partial charge in [-0.3, -0.25) is 4.79 Å². The van der Waals surface area contributed by atoms with Crippen molar-refractivity contribution in [3.63, 3.8) is 0 Å². The lowest BCUT2D eigenvalue weighted by molar-refractivity contribution is -0.119. The first-order valence-corrected chi connectivity index (χ1v) is 7.66. The number of ether oxygens (including phenoxy) is 1. The van der Waals surface area contributed by atoms with E-state index in [-0.39, 0.29) is 16.3 Å². The highest BCUT2D eigenvalue weighted by molar-refractivity contribution is 6.33. The Morgan fingerprint density at radius 3 is 2.62 bits per heavy atom. The van der Waals surface area contributed by atoms with Crippen molar-refractivity contribution in [1.82, 2.24) is 20.2 Å². The van der Waals surface area contributed by atoms with Gasteiger partial charge in [0.2, 0.25) is 0 Å². The van der Waals surface area contributed by atoms with Crippen LogP contribution in [-0.2, 0) is 9.53 Å². The van der Waals surface area contributed by atoms with Crippen LogP contribution in [0.3, 0.4) is 0 Å². The van der Waals surface area contributed by atoms with Gasteiger partial charge in [-0.2, -0.15) is 0 Å². The normalized spacial score (nSPS) is 10.4. The number of rotatable bonds is 5. The van der Waals surface area contributed by atoms with E-state index in [9.17, 15) is 14.0 Å². The summed E-state index contributed by atoms with van der Waals surface area (Å²) in [7, 11) is 0. The Kier molecular flexibility index (Phi) is 5.18. The molecule has 0 radical (unpaired) electrons. The number of halogens is 2. The first kappa shape index (κ1) is 17.5. The molecule has 0 unspecified atom stereocenters. The molecular weight excluding hydrogens is 365 g/mol. The molecule has 0 bridgehead atoms. The van der Waals surface area contributed by atoms with E-state index in [0.717, 1.165) is 12.1 Å². The molecule has 10 heteroatoms. The standard InChI is InChI=1S/C16H11ClFN5O3/c17-13-7-11(18)3-6-14(13)20-15(24)8-26-16(25)10-1-4-12(5-2-10)23-9-19-21-22-23/h1-7,9H,8H2,(H,20,24). The molecule has 132 valence electrons. The molecule has 1 heterocycles. The predicted octanol–water partition coefficient (Wildman–Crippen LogP) is 2.25. The van der Waals surface area contributed by atoms with E-state index in [0.29, 0.717) is 5.69 Å². The third kappa shape index (κ3) is 4.19. The molecule has 8 nitrogen and oxygen atoms in total. The third-order valence-electron chi connectivity index (χ3n) is 3.26. The van der Waals surface area contributed by atoms with Gasteiger partial charge in [0.25, 0.3) is 5.91 Å². The number of benzene rings is 2. The van der Waals surface area contributed by atoms with Crippen molar-refractivity contribution >= 4 is 29.2 Å². The zero-order valence-corrected chi connectivity index (χ0v) is 13.9. The SMILES string of the molecule is O=C(COC(=O)c1ccc(-n2cnnn2)cc1)Nc1ccc(F)cc1Cl. The molecule has 0 atom stereocenters. The second-order valence-electron chi connectivity index (χ2n) is 5.05. The molecule has 0 fully saturated rings. The van der Waals surface area contributed by atoms with Crippen LogP contribution in [0.25, 0.3) is 5.69 Å². The summed E-state index contributed by atoms with van der Waals surface area (Å²) in [6.07, 6.45) is 1.41. The van der Waals surface area contributed by atoms with Gasteiger partial charge in [-0.25, -0.2) is 13.9 Å². The minimum atomic E-state index is -0.673. The van der Waals surface area contributed by atoms with Crippen molar-refractivity contribution in [2.75, 3.05) is 11.9 Å². The number of carbonyl (C=O) groups excluding carboxylic acids is 2. The van der Waals surface area contributed by atoms with Crippen molar-refractivity contribution in [3.05, 3.63) is 65.2 Å². The fourth-order valence-corrected chi connectivity index (χ4v) is 2.24. The lowest BCUT2D eigenvalue weighted by atomic mass is 10.2. The number of esters is 1. The quantitative estimate of drug-likeness (QED) is 0.687. The maximum absolute atomic E-state index is 13.0. The molecule has 0 aliphatic carbocycles. The highest BCUT2D eigenvalue weighted by atomic mass is 35.5. The second kappa shape index (κ2) is 7.70. The summed E-state index contributed by atoms with van der Waals surface area (Å²) in [6, 6.07) is 9.84. The third-order valence-corrected chi connectivity index (χ3v) is 3.57. The summed E-state index contributed by atoms with van der Waals surface area (Å²) in [5.41, 5.74) is 1.14. The van der Waals surface area contributed by atoms with Crippen molar-refractivity contribution < 1.29 is 18.7 Å². The number of aromatic nitrogens is 4. The molecule has 0 spiro atoms. The molecular formula is C16H11ClFN5O3. The molecule has 0 aliphatic rings. The van der Waals surface area contributed by atoms with E-state index in [1.165, 1.54) is 29.2 Å². The number of anilines is 1. The van der Waals surface area contributed by atoms with Crippen LogP contribution in [0.2, 0.25) is 5.02 Å². The van der Waals surface area contributed by atoms with E-state index in [1.807, 2.05) is 0 Å².